The van der Waals surface area contributed by atoms with Crippen molar-refractivity contribution in [2.24, 2.45) is 0 Å². The maximum atomic E-state index is 8.71. The summed E-state index contributed by atoms with van der Waals surface area (Å²) in [6, 6.07) is 3.72. The minimum absolute atomic E-state index is 0.126. The van der Waals surface area contributed by atoms with Gasteiger partial charge in [-0.1, -0.05) is 32.3 Å². The fourth-order valence-corrected chi connectivity index (χ4v) is 1.82. The molecule has 0 amide bonds. The molecule has 1 rings (SSSR count). The van der Waals surface area contributed by atoms with Crippen molar-refractivity contribution in [3.8, 4) is 12.1 Å². The van der Waals surface area contributed by atoms with Crippen molar-refractivity contribution >= 4 is 0 Å². The highest BCUT2D eigenvalue weighted by molar-refractivity contribution is 5.40. The van der Waals surface area contributed by atoms with Crippen molar-refractivity contribution in [1.29, 1.82) is 10.5 Å². The minimum Gasteiger partial charge on any atom is -0.348 e. The number of rotatable bonds is 6. The maximum Gasteiger partial charge on any atom is 0.129 e. The van der Waals surface area contributed by atoms with Crippen LogP contribution in [-0.4, -0.2) is 11.4 Å². The molecule has 0 atom stereocenters. The third kappa shape index (κ3) is 5.27. The molecule has 0 aromatic heterocycles. The van der Waals surface area contributed by atoms with E-state index >= 15 is 0 Å². The maximum absolute atomic E-state index is 8.71. The van der Waals surface area contributed by atoms with Crippen molar-refractivity contribution in [3.05, 3.63) is 47.9 Å². The van der Waals surface area contributed by atoms with Crippen LogP contribution in [0.4, 0.5) is 0 Å². The quantitative estimate of drug-likeness (QED) is 0.534. The summed E-state index contributed by atoms with van der Waals surface area (Å²) < 4.78 is 0. The molecule has 0 radical (unpaired) electrons. The summed E-state index contributed by atoms with van der Waals surface area (Å²) in [5.74, 6) is 0. The second-order valence-corrected chi connectivity index (χ2v) is 4.35. The first-order chi connectivity index (χ1) is 9.31. The summed E-state index contributed by atoms with van der Waals surface area (Å²) >= 11 is 0. The Bertz CT molecular complexity index is 465. The molecule has 0 N–H and O–H groups in total. The molecule has 0 fully saturated rings. The minimum atomic E-state index is 0.126. The monoisotopic (exact) mass is 253 g/mol. The van der Waals surface area contributed by atoms with Crippen LogP contribution in [0.2, 0.25) is 0 Å². The summed E-state index contributed by atoms with van der Waals surface area (Å²) in [6.45, 7) is 3.17. The van der Waals surface area contributed by atoms with Gasteiger partial charge in [-0.3, -0.25) is 0 Å². The second kappa shape index (κ2) is 8.78. The molecule has 19 heavy (non-hydrogen) atoms. The predicted molar refractivity (Wildman–Crippen MR) is 76.5 cm³/mol. The summed E-state index contributed by atoms with van der Waals surface area (Å²) in [5, 5.41) is 17.4. The van der Waals surface area contributed by atoms with E-state index in [4.69, 9.17) is 10.5 Å². The lowest BCUT2D eigenvalue weighted by Crippen LogP contribution is -2.18. The zero-order valence-corrected chi connectivity index (χ0v) is 11.3. The molecule has 3 nitrogen and oxygen atoms in total. The molecule has 1 aliphatic rings. The van der Waals surface area contributed by atoms with E-state index in [1.165, 1.54) is 19.3 Å². The molecule has 0 spiro atoms. The van der Waals surface area contributed by atoms with E-state index in [1.54, 1.807) is 6.08 Å². The molecule has 0 saturated carbocycles. The van der Waals surface area contributed by atoms with Crippen LogP contribution in [0.1, 0.15) is 32.6 Å². The van der Waals surface area contributed by atoms with Crippen LogP contribution in [0.5, 0.6) is 0 Å². The van der Waals surface area contributed by atoms with Crippen molar-refractivity contribution in [2.75, 3.05) is 6.54 Å². The van der Waals surface area contributed by atoms with Crippen LogP contribution < -0.4 is 0 Å². The molecule has 0 aromatic carbocycles. The molecule has 1 aliphatic heterocycles. The van der Waals surface area contributed by atoms with E-state index in [0.717, 1.165) is 18.7 Å². The first-order valence-electron chi connectivity index (χ1n) is 6.65. The fraction of sp³-hybridized carbons (Fsp3) is 0.375. The molecule has 0 saturated heterocycles. The van der Waals surface area contributed by atoms with Crippen LogP contribution in [0.25, 0.3) is 0 Å². The zero-order chi connectivity index (χ0) is 13.9. The number of allylic oxidation sites excluding steroid dienone is 6. The van der Waals surface area contributed by atoms with Gasteiger partial charge in [0.05, 0.1) is 0 Å². The van der Waals surface area contributed by atoms with Gasteiger partial charge in [0, 0.05) is 18.4 Å². The summed E-state index contributed by atoms with van der Waals surface area (Å²) in [6.07, 6.45) is 16.2. The molecular formula is C16H19N3. The largest absolute Gasteiger partial charge is 0.348 e. The highest BCUT2D eigenvalue weighted by Gasteiger charge is 2.05. The van der Waals surface area contributed by atoms with Gasteiger partial charge in [-0.05, 0) is 30.7 Å². The Morgan fingerprint density at radius 2 is 2.00 bits per heavy atom. The van der Waals surface area contributed by atoms with Crippen molar-refractivity contribution in [1.82, 2.24) is 4.90 Å². The standard InChI is InChI=1S/C16H19N3/c1-2-3-4-6-11-19-12-7-5-8-16(19)10-9-15(13-17)14-18/h5,7-10,12H,2-4,6,11H2,1H3. The van der Waals surface area contributed by atoms with Crippen LogP contribution in [-0.2, 0) is 0 Å². The number of nitrogens with zero attached hydrogens (tertiary/aromatic N) is 3. The second-order valence-electron chi connectivity index (χ2n) is 4.35. The van der Waals surface area contributed by atoms with Crippen LogP contribution >= 0.6 is 0 Å². The molecular weight excluding hydrogens is 234 g/mol. The Hall–Kier alpha value is -2.26. The Labute approximate surface area is 115 Å². The number of nitriles is 2. The highest BCUT2D eigenvalue weighted by atomic mass is 15.1. The van der Waals surface area contributed by atoms with Gasteiger partial charge in [0.2, 0.25) is 0 Å². The summed E-state index contributed by atoms with van der Waals surface area (Å²) in [5.41, 5.74) is 1.14. The van der Waals surface area contributed by atoms with Crippen LogP contribution in [0, 0.1) is 22.7 Å². The van der Waals surface area contributed by atoms with Gasteiger partial charge in [-0.2, -0.15) is 10.5 Å². The van der Waals surface area contributed by atoms with E-state index < -0.39 is 0 Å². The van der Waals surface area contributed by atoms with Crippen molar-refractivity contribution < 1.29 is 0 Å². The van der Waals surface area contributed by atoms with Gasteiger partial charge >= 0.3 is 0 Å². The van der Waals surface area contributed by atoms with Crippen LogP contribution in [0.15, 0.2) is 47.9 Å². The zero-order valence-electron chi connectivity index (χ0n) is 11.3. The Morgan fingerprint density at radius 1 is 1.21 bits per heavy atom. The lowest BCUT2D eigenvalue weighted by molar-refractivity contribution is 0.447. The lowest BCUT2D eigenvalue weighted by atomic mass is 10.1. The van der Waals surface area contributed by atoms with Gasteiger partial charge in [0.25, 0.3) is 0 Å². The number of unbranched alkanes of at least 4 members (excludes halogenated alkanes) is 3. The van der Waals surface area contributed by atoms with E-state index in [0.29, 0.717) is 0 Å². The average molecular weight is 253 g/mol. The third-order valence-electron chi connectivity index (χ3n) is 2.89. The summed E-state index contributed by atoms with van der Waals surface area (Å²) in [4.78, 5) is 2.15. The lowest BCUT2D eigenvalue weighted by Gasteiger charge is -2.23. The van der Waals surface area contributed by atoms with E-state index in [2.05, 4.69) is 11.8 Å². The Balaban J connectivity index is 2.64. The third-order valence-corrected chi connectivity index (χ3v) is 2.89. The highest BCUT2D eigenvalue weighted by Crippen LogP contribution is 2.14. The van der Waals surface area contributed by atoms with E-state index in [9.17, 15) is 0 Å². The molecule has 0 unspecified atom stereocenters. The average Bonchev–Trinajstić information content (AvgIpc) is 2.46. The predicted octanol–water partition coefficient (Wildman–Crippen LogP) is 3.81. The van der Waals surface area contributed by atoms with Crippen molar-refractivity contribution in [2.45, 2.75) is 32.6 Å². The van der Waals surface area contributed by atoms with Gasteiger partial charge in [0.15, 0.2) is 0 Å². The van der Waals surface area contributed by atoms with E-state index in [1.807, 2.05) is 42.6 Å². The van der Waals surface area contributed by atoms with Gasteiger partial charge in [-0.25, -0.2) is 0 Å². The van der Waals surface area contributed by atoms with Gasteiger partial charge < -0.3 is 4.90 Å². The van der Waals surface area contributed by atoms with Crippen molar-refractivity contribution in [3.63, 3.8) is 0 Å². The fourth-order valence-electron chi connectivity index (χ4n) is 1.82. The van der Waals surface area contributed by atoms with E-state index in [-0.39, 0.29) is 5.57 Å². The number of hydrogen-bond acceptors (Lipinski definition) is 3. The first kappa shape index (κ1) is 14.8. The topological polar surface area (TPSA) is 50.8 Å². The summed E-state index contributed by atoms with van der Waals surface area (Å²) in [7, 11) is 0. The Kier molecular flexibility index (Phi) is 6.84. The first-order valence-corrected chi connectivity index (χ1v) is 6.65. The molecule has 1 heterocycles. The molecule has 0 bridgehead atoms. The SMILES string of the molecule is CCCCCCN1C=CC=CC1=CC=C(C#N)C#N. The molecule has 0 aliphatic carbocycles. The van der Waals surface area contributed by atoms with Gasteiger partial charge in [-0.15, -0.1) is 0 Å². The van der Waals surface area contributed by atoms with Crippen LogP contribution in [0.3, 0.4) is 0 Å². The van der Waals surface area contributed by atoms with Gasteiger partial charge in [0.1, 0.15) is 17.7 Å². The smallest absolute Gasteiger partial charge is 0.129 e. The molecule has 3 heteroatoms. The normalized spacial score (nSPS) is 15.1. The Morgan fingerprint density at radius 3 is 2.68 bits per heavy atom. The molecule has 0 aromatic rings. The molecule has 98 valence electrons. The number of hydrogen-bond donors (Lipinski definition) is 0.